The molecule has 146 valence electrons. The summed E-state index contributed by atoms with van der Waals surface area (Å²) in [6.45, 7) is 5.28. The Morgan fingerprint density at radius 1 is 1.11 bits per heavy atom. The van der Waals surface area contributed by atoms with Gasteiger partial charge in [-0.2, -0.15) is 0 Å². The zero-order valence-corrected chi connectivity index (χ0v) is 16.5. The molecule has 0 unspecified atom stereocenters. The first kappa shape index (κ1) is 19.6. The topological polar surface area (TPSA) is 75.7 Å². The average Bonchev–Trinajstić information content (AvgIpc) is 2.94. The molecule has 0 spiro atoms. The van der Waals surface area contributed by atoms with Crippen LogP contribution in [0.1, 0.15) is 40.4 Å². The van der Waals surface area contributed by atoms with Crippen LogP contribution in [0.3, 0.4) is 0 Å². The number of methoxy groups -OCH3 is 1. The molecule has 1 aliphatic heterocycles. The van der Waals surface area contributed by atoms with Gasteiger partial charge in [0.2, 0.25) is 0 Å². The molecular weight excluding hydrogens is 356 g/mol. The first-order chi connectivity index (χ1) is 13.3. The van der Waals surface area contributed by atoms with Crippen LogP contribution < -0.4 is 10.1 Å². The Balaban J connectivity index is 1.89. The number of aryl methyl sites for hydroxylation is 2. The number of nitrogens with zero attached hydrogens (tertiary/aromatic N) is 1. The molecule has 0 bridgehead atoms. The van der Waals surface area contributed by atoms with Crippen LogP contribution in [0, 0.1) is 13.8 Å². The molecule has 0 radical (unpaired) electrons. The molecule has 1 aliphatic rings. The maximum Gasteiger partial charge on any atom is 0.325 e. The molecule has 6 nitrogen and oxygen atoms in total. The fraction of sp³-hybridized carbons (Fsp3) is 0.318. The second-order valence-electron chi connectivity index (χ2n) is 7.05. The number of rotatable bonds is 6. The average molecular weight is 380 g/mol. The van der Waals surface area contributed by atoms with Crippen LogP contribution in [0.25, 0.3) is 0 Å². The summed E-state index contributed by atoms with van der Waals surface area (Å²) in [7, 11) is 1.56. The van der Waals surface area contributed by atoms with E-state index in [1.807, 2.05) is 32.9 Å². The molecule has 1 fully saturated rings. The highest BCUT2D eigenvalue weighted by molar-refractivity contribution is 6.11. The van der Waals surface area contributed by atoms with Crippen molar-refractivity contribution in [1.29, 1.82) is 0 Å². The van der Waals surface area contributed by atoms with Crippen molar-refractivity contribution in [2.75, 3.05) is 13.7 Å². The number of Topliss-reactive ketones (excluding diaryl/α,β-unsaturated/α-hetero) is 1. The Morgan fingerprint density at radius 3 is 2.39 bits per heavy atom. The number of nitrogens with one attached hydrogen (secondary N) is 1. The van der Waals surface area contributed by atoms with Gasteiger partial charge in [0.1, 0.15) is 11.3 Å². The van der Waals surface area contributed by atoms with Gasteiger partial charge < -0.3 is 10.1 Å². The SMILES string of the molecule is CC[C@@]1(c2ccc(OC)cc2)NC(=O)N(CC(=O)c2cc(C)ccc2C)C1=O. The number of ether oxygens (including phenoxy) is 1. The van der Waals surface area contributed by atoms with E-state index in [0.717, 1.165) is 16.0 Å². The van der Waals surface area contributed by atoms with E-state index in [2.05, 4.69) is 5.32 Å². The third-order valence-electron chi connectivity index (χ3n) is 5.28. The summed E-state index contributed by atoms with van der Waals surface area (Å²) in [6, 6.07) is 12.0. The molecule has 3 amide bonds. The fourth-order valence-electron chi connectivity index (χ4n) is 3.55. The van der Waals surface area contributed by atoms with Gasteiger partial charge in [0.15, 0.2) is 5.78 Å². The molecule has 6 heteroatoms. The molecule has 1 atom stereocenters. The van der Waals surface area contributed by atoms with E-state index in [1.165, 1.54) is 0 Å². The number of carbonyl (C=O) groups excluding carboxylic acids is 3. The Labute approximate surface area is 164 Å². The lowest BCUT2D eigenvalue weighted by Crippen LogP contribution is -2.43. The maximum absolute atomic E-state index is 13.2. The lowest BCUT2D eigenvalue weighted by atomic mass is 9.87. The van der Waals surface area contributed by atoms with Gasteiger partial charge in [0.25, 0.3) is 5.91 Å². The largest absolute Gasteiger partial charge is 0.497 e. The first-order valence-corrected chi connectivity index (χ1v) is 9.21. The number of ketones is 1. The van der Waals surface area contributed by atoms with E-state index in [4.69, 9.17) is 4.74 Å². The summed E-state index contributed by atoms with van der Waals surface area (Å²) in [4.78, 5) is 39.6. The quantitative estimate of drug-likeness (QED) is 0.616. The van der Waals surface area contributed by atoms with Crippen molar-refractivity contribution >= 4 is 17.7 Å². The summed E-state index contributed by atoms with van der Waals surface area (Å²) in [5, 5.41) is 2.80. The van der Waals surface area contributed by atoms with Crippen LogP contribution in [-0.4, -0.2) is 36.3 Å². The fourth-order valence-corrected chi connectivity index (χ4v) is 3.55. The molecule has 2 aromatic carbocycles. The number of benzene rings is 2. The first-order valence-electron chi connectivity index (χ1n) is 9.21. The summed E-state index contributed by atoms with van der Waals surface area (Å²) < 4.78 is 5.16. The molecular formula is C22H24N2O4. The van der Waals surface area contributed by atoms with Crippen molar-refractivity contribution in [3.05, 3.63) is 64.7 Å². The molecule has 2 aromatic rings. The molecule has 3 rings (SSSR count). The van der Waals surface area contributed by atoms with Crippen molar-refractivity contribution < 1.29 is 19.1 Å². The lowest BCUT2D eigenvalue weighted by Gasteiger charge is -2.26. The van der Waals surface area contributed by atoms with E-state index in [0.29, 0.717) is 23.3 Å². The van der Waals surface area contributed by atoms with Crippen LogP contribution in [0.2, 0.25) is 0 Å². The number of hydrogen-bond donors (Lipinski definition) is 1. The van der Waals surface area contributed by atoms with Crippen molar-refractivity contribution in [3.8, 4) is 5.75 Å². The lowest BCUT2D eigenvalue weighted by molar-refractivity contribution is -0.131. The molecule has 0 aromatic heterocycles. The summed E-state index contributed by atoms with van der Waals surface area (Å²) in [6.07, 6.45) is 0.373. The van der Waals surface area contributed by atoms with Gasteiger partial charge >= 0.3 is 6.03 Å². The third kappa shape index (κ3) is 3.26. The standard InChI is InChI=1S/C22H24N2O4/c1-5-22(16-8-10-17(28-4)11-9-16)20(26)24(21(27)23-22)13-19(25)18-12-14(2)6-7-15(18)3/h6-12H,5,13H2,1-4H3,(H,23,27)/t22-/m0/s1. The van der Waals surface area contributed by atoms with E-state index in [1.54, 1.807) is 37.4 Å². The van der Waals surface area contributed by atoms with Gasteiger partial charge in [-0.1, -0.05) is 36.8 Å². The number of urea groups is 1. The van der Waals surface area contributed by atoms with Gasteiger partial charge in [0, 0.05) is 5.56 Å². The Bertz CT molecular complexity index is 936. The highest BCUT2D eigenvalue weighted by Crippen LogP contribution is 2.33. The molecule has 1 saturated heterocycles. The highest BCUT2D eigenvalue weighted by atomic mass is 16.5. The van der Waals surface area contributed by atoms with E-state index in [9.17, 15) is 14.4 Å². The van der Waals surface area contributed by atoms with Crippen molar-refractivity contribution in [1.82, 2.24) is 10.2 Å². The highest BCUT2D eigenvalue weighted by Gasteiger charge is 2.51. The second kappa shape index (κ2) is 7.46. The third-order valence-corrected chi connectivity index (χ3v) is 5.28. The minimum absolute atomic E-state index is 0.258. The Morgan fingerprint density at radius 2 is 1.79 bits per heavy atom. The van der Waals surface area contributed by atoms with Crippen LogP contribution in [0.15, 0.2) is 42.5 Å². The molecule has 28 heavy (non-hydrogen) atoms. The monoisotopic (exact) mass is 380 g/mol. The zero-order chi connectivity index (χ0) is 20.5. The minimum atomic E-state index is -1.18. The molecule has 1 heterocycles. The Kier molecular flexibility index (Phi) is 5.23. The van der Waals surface area contributed by atoms with Gasteiger partial charge in [-0.15, -0.1) is 0 Å². The maximum atomic E-state index is 13.2. The van der Waals surface area contributed by atoms with Crippen molar-refractivity contribution in [3.63, 3.8) is 0 Å². The van der Waals surface area contributed by atoms with Crippen molar-refractivity contribution in [2.24, 2.45) is 0 Å². The van der Waals surface area contributed by atoms with Gasteiger partial charge in [-0.3, -0.25) is 14.5 Å². The van der Waals surface area contributed by atoms with Crippen LogP contribution in [0.4, 0.5) is 4.79 Å². The zero-order valence-electron chi connectivity index (χ0n) is 16.5. The predicted octanol–water partition coefficient (Wildman–Crippen LogP) is 3.35. The second-order valence-corrected chi connectivity index (χ2v) is 7.05. The Hall–Kier alpha value is -3.15. The summed E-state index contributed by atoms with van der Waals surface area (Å²) in [5.74, 6) is -0.0103. The molecule has 0 saturated carbocycles. The normalized spacial score (nSPS) is 18.9. The number of amides is 3. The summed E-state index contributed by atoms with van der Waals surface area (Å²) >= 11 is 0. The van der Waals surface area contributed by atoms with Gasteiger partial charge in [0.05, 0.1) is 13.7 Å². The minimum Gasteiger partial charge on any atom is -0.497 e. The smallest absolute Gasteiger partial charge is 0.325 e. The predicted molar refractivity (Wildman–Crippen MR) is 105 cm³/mol. The molecule has 0 aliphatic carbocycles. The van der Waals surface area contributed by atoms with Crippen LogP contribution in [-0.2, 0) is 10.3 Å². The van der Waals surface area contributed by atoms with E-state index >= 15 is 0 Å². The van der Waals surface area contributed by atoms with E-state index < -0.39 is 17.5 Å². The van der Waals surface area contributed by atoms with Gasteiger partial charge in [-0.05, 0) is 49.6 Å². The van der Waals surface area contributed by atoms with Crippen LogP contribution >= 0.6 is 0 Å². The van der Waals surface area contributed by atoms with Gasteiger partial charge in [-0.25, -0.2) is 4.79 Å². The molecule has 1 N–H and O–H groups in total. The van der Waals surface area contributed by atoms with E-state index in [-0.39, 0.29) is 12.3 Å². The number of imide groups is 1. The number of hydrogen-bond acceptors (Lipinski definition) is 4. The van der Waals surface area contributed by atoms with Crippen molar-refractivity contribution in [2.45, 2.75) is 32.7 Å². The van der Waals surface area contributed by atoms with Crippen LogP contribution in [0.5, 0.6) is 5.75 Å². The number of carbonyl (C=O) groups is 3. The summed E-state index contributed by atoms with van der Waals surface area (Å²) in [5.41, 5.74) is 1.78.